The van der Waals surface area contributed by atoms with Gasteiger partial charge in [0.1, 0.15) is 12.4 Å². The highest BCUT2D eigenvalue weighted by Crippen LogP contribution is 2.15. The molecule has 0 atom stereocenters. The minimum Gasteiger partial charge on any atom is -0.322 e. The maximum Gasteiger partial charge on any atom is 0.261 e. The lowest BCUT2D eigenvalue weighted by Gasteiger charge is -2.09. The van der Waals surface area contributed by atoms with Gasteiger partial charge in [-0.1, -0.05) is 18.2 Å². The number of benzene rings is 2. The van der Waals surface area contributed by atoms with Crippen molar-refractivity contribution in [3.05, 3.63) is 70.0 Å². The molecule has 1 aromatic heterocycles. The highest BCUT2D eigenvalue weighted by molar-refractivity contribution is 5.91. The van der Waals surface area contributed by atoms with Crippen LogP contribution in [0.2, 0.25) is 0 Å². The van der Waals surface area contributed by atoms with E-state index >= 15 is 0 Å². The Labute approximate surface area is 137 Å². The van der Waals surface area contributed by atoms with Crippen molar-refractivity contribution in [3.63, 3.8) is 0 Å². The van der Waals surface area contributed by atoms with Gasteiger partial charge < -0.3 is 5.32 Å². The first-order valence-electron chi connectivity index (χ1n) is 7.46. The lowest BCUT2D eigenvalue weighted by Crippen LogP contribution is -2.28. The molecule has 0 saturated heterocycles. The number of fused-ring (bicyclic) bond motifs is 1. The van der Waals surface area contributed by atoms with Gasteiger partial charge >= 0.3 is 0 Å². The van der Waals surface area contributed by atoms with Crippen molar-refractivity contribution in [3.8, 4) is 0 Å². The molecule has 0 spiro atoms. The molecule has 0 saturated carbocycles. The molecule has 0 aliphatic rings. The molecule has 0 aliphatic carbocycles. The first-order chi connectivity index (χ1) is 11.5. The number of anilines is 1. The summed E-state index contributed by atoms with van der Waals surface area (Å²) in [6.07, 6.45) is 1.34. The summed E-state index contributed by atoms with van der Waals surface area (Å²) in [4.78, 5) is 28.8. The fraction of sp³-hybridized carbons (Fsp3) is 0.167. The molecule has 1 N–H and O–H groups in total. The molecule has 2 aromatic carbocycles. The largest absolute Gasteiger partial charge is 0.322 e. The second-order valence-corrected chi connectivity index (χ2v) is 5.68. The van der Waals surface area contributed by atoms with Crippen molar-refractivity contribution in [2.24, 2.45) is 0 Å². The van der Waals surface area contributed by atoms with Gasteiger partial charge in [-0.15, -0.1) is 0 Å². The van der Waals surface area contributed by atoms with E-state index in [0.717, 1.165) is 11.1 Å². The molecule has 0 bridgehead atoms. The van der Waals surface area contributed by atoms with Gasteiger partial charge in [0.25, 0.3) is 5.56 Å². The van der Waals surface area contributed by atoms with Crippen molar-refractivity contribution in [2.45, 2.75) is 20.4 Å². The number of rotatable bonds is 3. The topological polar surface area (TPSA) is 64.0 Å². The number of aromatic nitrogens is 2. The minimum atomic E-state index is -0.511. The lowest BCUT2D eigenvalue weighted by molar-refractivity contribution is -0.116. The van der Waals surface area contributed by atoms with Gasteiger partial charge in [-0.25, -0.2) is 9.37 Å². The summed E-state index contributed by atoms with van der Waals surface area (Å²) in [5.74, 6) is -1.00. The van der Waals surface area contributed by atoms with E-state index in [2.05, 4.69) is 10.3 Å². The summed E-state index contributed by atoms with van der Waals surface area (Å²) >= 11 is 0. The quantitative estimate of drug-likeness (QED) is 0.805. The Morgan fingerprint density at radius 1 is 1.25 bits per heavy atom. The molecule has 1 amide bonds. The van der Waals surface area contributed by atoms with E-state index in [9.17, 15) is 14.0 Å². The predicted molar refractivity (Wildman–Crippen MR) is 90.5 cm³/mol. The average Bonchev–Trinajstić information content (AvgIpc) is 2.53. The van der Waals surface area contributed by atoms with E-state index < -0.39 is 11.7 Å². The van der Waals surface area contributed by atoms with Crippen LogP contribution in [0, 0.1) is 19.7 Å². The van der Waals surface area contributed by atoms with Crippen LogP contribution in [0.1, 0.15) is 11.1 Å². The molecule has 1 heterocycles. The first-order valence-corrected chi connectivity index (χ1v) is 7.46. The molecule has 5 nitrogen and oxygen atoms in total. The van der Waals surface area contributed by atoms with Crippen LogP contribution in [0.25, 0.3) is 10.9 Å². The van der Waals surface area contributed by atoms with E-state index in [4.69, 9.17) is 0 Å². The highest BCUT2D eigenvalue weighted by Gasteiger charge is 2.11. The third-order valence-corrected chi connectivity index (χ3v) is 3.77. The van der Waals surface area contributed by atoms with Crippen LogP contribution < -0.4 is 10.9 Å². The number of para-hydroxylation sites is 1. The summed E-state index contributed by atoms with van der Waals surface area (Å²) in [6, 6.07) is 9.84. The van der Waals surface area contributed by atoms with Crippen molar-refractivity contribution < 1.29 is 9.18 Å². The molecule has 0 fully saturated rings. The molecular formula is C18H16FN3O2. The monoisotopic (exact) mass is 325 g/mol. The molecule has 3 rings (SSSR count). The molecule has 3 aromatic rings. The number of halogens is 1. The number of hydrogen-bond acceptors (Lipinski definition) is 3. The summed E-state index contributed by atoms with van der Waals surface area (Å²) in [5, 5.41) is 2.92. The molecule has 24 heavy (non-hydrogen) atoms. The van der Waals surface area contributed by atoms with Gasteiger partial charge in [-0.05, 0) is 43.2 Å². The third-order valence-electron chi connectivity index (χ3n) is 3.77. The van der Waals surface area contributed by atoms with Crippen molar-refractivity contribution >= 4 is 22.5 Å². The van der Waals surface area contributed by atoms with Crippen LogP contribution >= 0.6 is 0 Å². The first kappa shape index (κ1) is 15.9. The number of carbonyl (C=O) groups is 1. The Bertz CT molecular complexity index is 995. The smallest absolute Gasteiger partial charge is 0.261 e. The highest BCUT2D eigenvalue weighted by atomic mass is 19.1. The molecule has 0 unspecified atom stereocenters. The van der Waals surface area contributed by atoms with E-state index in [1.807, 2.05) is 13.0 Å². The predicted octanol–water partition coefficient (Wildman–Crippen LogP) is 2.79. The fourth-order valence-corrected chi connectivity index (χ4v) is 2.52. The van der Waals surface area contributed by atoms with E-state index in [1.54, 1.807) is 25.1 Å². The summed E-state index contributed by atoms with van der Waals surface area (Å²) in [6.45, 7) is 3.39. The van der Waals surface area contributed by atoms with Gasteiger partial charge in [0.15, 0.2) is 0 Å². The Morgan fingerprint density at radius 3 is 2.79 bits per heavy atom. The van der Waals surface area contributed by atoms with E-state index in [-0.39, 0.29) is 17.8 Å². The van der Waals surface area contributed by atoms with Crippen molar-refractivity contribution in [1.29, 1.82) is 0 Å². The Kier molecular flexibility index (Phi) is 4.12. The zero-order chi connectivity index (χ0) is 17.3. The summed E-state index contributed by atoms with van der Waals surface area (Å²) in [5.41, 5.74) is 2.05. The number of nitrogens with zero attached hydrogens (tertiary/aromatic N) is 2. The van der Waals surface area contributed by atoms with Crippen molar-refractivity contribution in [1.82, 2.24) is 9.55 Å². The second-order valence-electron chi connectivity index (χ2n) is 5.68. The van der Waals surface area contributed by atoms with Gasteiger partial charge in [-0.2, -0.15) is 0 Å². The number of aryl methyl sites for hydroxylation is 2. The second kappa shape index (κ2) is 6.23. The van der Waals surface area contributed by atoms with Gasteiger partial charge in [-0.3, -0.25) is 14.2 Å². The molecule has 0 aliphatic heterocycles. The molecular weight excluding hydrogens is 309 g/mol. The standard InChI is InChI=1S/C18H16FN3O2/c1-11-6-7-15(14(19)8-11)21-16(23)9-22-10-20-17-12(2)4-3-5-13(17)18(22)24/h3-8,10H,9H2,1-2H3,(H,21,23). The number of carbonyl (C=O) groups excluding carboxylic acids is 1. The van der Waals surface area contributed by atoms with Crippen LogP contribution in [0.3, 0.4) is 0 Å². The lowest BCUT2D eigenvalue weighted by atomic mass is 10.1. The van der Waals surface area contributed by atoms with Gasteiger partial charge in [0.2, 0.25) is 5.91 Å². The van der Waals surface area contributed by atoms with Crippen LogP contribution in [0.5, 0.6) is 0 Å². The Hall–Kier alpha value is -3.02. The number of amides is 1. The van der Waals surface area contributed by atoms with Crippen molar-refractivity contribution in [2.75, 3.05) is 5.32 Å². The average molecular weight is 325 g/mol. The number of nitrogens with one attached hydrogen (secondary N) is 1. The zero-order valence-electron chi connectivity index (χ0n) is 13.3. The van der Waals surface area contributed by atoms with Crippen LogP contribution in [0.15, 0.2) is 47.5 Å². The Balaban J connectivity index is 1.86. The van der Waals surface area contributed by atoms with E-state index in [1.165, 1.54) is 23.0 Å². The normalized spacial score (nSPS) is 10.8. The van der Waals surface area contributed by atoms with Crippen LogP contribution in [-0.4, -0.2) is 15.5 Å². The Morgan fingerprint density at radius 2 is 2.04 bits per heavy atom. The van der Waals surface area contributed by atoms with Crippen LogP contribution in [0.4, 0.5) is 10.1 Å². The van der Waals surface area contributed by atoms with E-state index in [0.29, 0.717) is 10.9 Å². The summed E-state index contributed by atoms with van der Waals surface area (Å²) < 4.78 is 15.0. The SMILES string of the molecule is Cc1ccc(NC(=O)Cn2cnc3c(C)cccc3c2=O)c(F)c1. The van der Waals surface area contributed by atoms with Crippen LogP contribution in [-0.2, 0) is 11.3 Å². The molecule has 6 heteroatoms. The maximum absolute atomic E-state index is 13.8. The minimum absolute atomic E-state index is 0.0863. The number of hydrogen-bond donors (Lipinski definition) is 1. The third kappa shape index (κ3) is 3.03. The molecule has 122 valence electrons. The fourth-order valence-electron chi connectivity index (χ4n) is 2.52. The van der Waals surface area contributed by atoms with Gasteiger partial charge in [0, 0.05) is 0 Å². The summed E-state index contributed by atoms with van der Waals surface area (Å²) in [7, 11) is 0. The zero-order valence-corrected chi connectivity index (χ0v) is 13.3. The maximum atomic E-state index is 13.8. The molecule has 0 radical (unpaired) electrons. The van der Waals surface area contributed by atoms with Gasteiger partial charge in [0.05, 0.1) is 22.9 Å².